The van der Waals surface area contributed by atoms with Crippen LogP contribution in [0.25, 0.3) is 11.3 Å². The number of hydrogen-bond acceptors (Lipinski definition) is 4. The van der Waals surface area contributed by atoms with Gasteiger partial charge in [0, 0.05) is 29.6 Å². The number of rotatable bonds is 6. The molecule has 1 saturated carbocycles. The van der Waals surface area contributed by atoms with E-state index in [2.05, 4.69) is 16.4 Å². The molecular weight excluding hydrogens is 474 g/mol. The van der Waals surface area contributed by atoms with E-state index in [-0.39, 0.29) is 17.7 Å². The average molecular weight is 502 g/mol. The fraction of sp³-hybridized carbons (Fsp3) is 0.370. The molecule has 1 fully saturated rings. The molecule has 190 valence electrons. The first-order valence-corrected chi connectivity index (χ1v) is 11.8. The molecule has 1 N–H and O–H groups in total. The molecule has 0 bridgehead atoms. The van der Waals surface area contributed by atoms with Crippen LogP contribution in [0.15, 0.2) is 60.9 Å². The van der Waals surface area contributed by atoms with Crippen molar-refractivity contribution in [1.82, 2.24) is 14.9 Å². The molecule has 2 aliphatic rings. The van der Waals surface area contributed by atoms with Crippen molar-refractivity contribution in [2.45, 2.75) is 30.5 Å². The van der Waals surface area contributed by atoms with E-state index in [0.29, 0.717) is 23.6 Å². The van der Waals surface area contributed by atoms with Gasteiger partial charge in [-0.25, -0.2) is 9.37 Å². The Kier molecular flexibility index (Phi) is 6.38. The summed E-state index contributed by atoms with van der Waals surface area (Å²) in [6.07, 6.45) is 1.64. The van der Waals surface area contributed by atoms with Crippen molar-refractivity contribution >= 4 is 5.57 Å². The average Bonchev–Trinajstić information content (AvgIpc) is 3.59. The van der Waals surface area contributed by atoms with Crippen LogP contribution in [0.2, 0.25) is 0 Å². The fourth-order valence-electron chi connectivity index (χ4n) is 5.73. The summed E-state index contributed by atoms with van der Waals surface area (Å²) in [6.45, 7) is 1.08. The Hall–Kier alpha value is -3.17. The number of benzene rings is 2. The molecule has 5 rings (SSSR count). The molecule has 3 atom stereocenters. The molecule has 1 aliphatic carbocycles. The topological polar surface area (TPSA) is 48.3 Å². The highest BCUT2D eigenvalue weighted by Gasteiger charge is 2.51. The largest absolute Gasteiger partial charge is 0.496 e. The molecule has 1 spiro atoms. The lowest BCUT2D eigenvalue weighted by Gasteiger charge is -2.32. The number of alkyl halides is 3. The first-order valence-electron chi connectivity index (χ1n) is 11.8. The zero-order valence-corrected chi connectivity index (χ0v) is 20.0. The van der Waals surface area contributed by atoms with Crippen LogP contribution >= 0.6 is 0 Å². The van der Waals surface area contributed by atoms with Crippen LogP contribution in [0.1, 0.15) is 35.7 Å². The number of nitrogens with one attached hydrogen (secondary N) is 1. The number of halogens is 4. The third-order valence-electron chi connectivity index (χ3n) is 7.22. The number of imidazole rings is 1. The molecule has 36 heavy (non-hydrogen) atoms. The van der Waals surface area contributed by atoms with Crippen molar-refractivity contribution in [3.05, 3.63) is 83.7 Å². The predicted octanol–water partition coefficient (Wildman–Crippen LogP) is 5.60. The van der Waals surface area contributed by atoms with Crippen LogP contribution in [0.4, 0.5) is 17.6 Å². The summed E-state index contributed by atoms with van der Waals surface area (Å²) in [5.74, 6) is -0.456. The molecule has 5 nitrogen and oxygen atoms in total. The number of aromatic nitrogens is 2. The lowest BCUT2D eigenvalue weighted by molar-refractivity contribution is -0.145. The monoisotopic (exact) mass is 501 g/mol. The van der Waals surface area contributed by atoms with Crippen LogP contribution in [-0.2, 0) is 10.9 Å². The molecule has 0 amide bonds. The summed E-state index contributed by atoms with van der Waals surface area (Å²) in [6, 6.07) is 11.5. The van der Waals surface area contributed by atoms with Gasteiger partial charge in [-0.05, 0) is 79.9 Å². The summed E-state index contributed by atoms with van der Waals surface area (Å²) < 4.78 is 67.2. The minimum atomic E-state index is -4.59. The molecule has 9 heteroatoms. The highest BCUT2D eigenvalue weighted by Crippen LogP contribution is 2.54. The Bertz CT molecular complexity index is 1270. The Morgan fingerprint density at radius 2 is 1.97 bits per heavy atom. The number of methoxy groups -OCH3 is 1. The van der Waals surface area contributed by atoms with Gasteiger partial charge in [0.25, 0.3) is 0 Å². The third kappa shape index (κ3) is 4.30. The normalized spacial score (nSPS) is 23.9. The van der Waals surface area contributed by atoms with E-state index in [1.54, 1.807) is 18.2 Å². The number of ether oxygens (including phenoxy) is 2. The maximum Gasteiger partial charge on any atom is 0.450 e. The Morgan fingerprint density at radius 3 is 2.67 bits per heavy atom. The van der Waals surface area contributed by atoms with E-state index >= 15 is 0 Å². The van der Waals surface area contributed by atoms with Crippen molar-refractivity contribution < 1.29 is 27.0 Å². The second-order valence-electron chi connectivity index (χ2n) is 9.30. The molecule has 1 aliphatic heterocycles. The SMILES string of the molecule is CNCC1CCC2(C=C(c3cc(-n4ccnc4C(F)(F)F)ccc3OC)CO2)C1c1ccc(F)cc1. The molecule has 2 heterocycles. The van der Waals surface area contributed by atoms with Crippen molar-refractivity contribution in [1.29, 1.82) is 0 Å². The van der Waals surface area contributed by atoms with Crippen LogP contribution in [-0.4, -0.2) is 42.5 Å². The molecule has 0 saturated heterocycles. The van der Waals surface area contributed by atoms with Crippen LogP contribution in [0, 0.1) is 11.7 Å². The molecule has 3 unspecified atom stereocenters. The van der Waals surface area contributed by atoms with Gasteiger partial charge in [-0.3, -0.25) is 4.57 Å². The highest BCUT2D eigenvalue weighted by atomic mass is 19.4. The van der Waals surface area contributed by atoms with Crippen LogP contribution in [0.5, 0.6) is 5.75 Å². The summed E-state index contributed by atoms with van der Waals surface area (Å²) in [7, 11) is 3.44. The minimum absolute atomic E-state index is 0.00251. The van der Waals surface area contributed by atoms with Crippen LogP contribution in [0.3, 0.4) is 0 Å². The second kappa shape index (κ2) is 9.37. The van der Waals surface area contributed by atoms with E-state index in [9.17, 15) is 17.6 Å². The lowest BCUT2D eigenvalue weighted by Crippen LogP contribution is -2.34. The summed E-state index contributed by atoms with van der Waals surface area (Å²) >= 11 is 0. The second-order valence-corrected chi connectivity index (χ2v) is 9.30. The minimum Gasteiger partial charge on any atom is -0.496 e. The van der Waals surface area contributed by atoms with E-state index in [4.69, 9.17) is 9.47 Å². The van der Waals surface area contributed by atoms with Crippen molar-refractivity contribution in [3.8, 4) is 11.4 Å². The van der Waals surface area contributed by atoms with Gasteiger partial charge < -0.3 is 14.8 Å². The zero-order chi connectivity index (χ0) is 25.5. The first kappa shape index (κ1) is 24.5. The third-order valence-corrected chi connectivity index (χ3v) is 7.22. The molecule has 0 radical (unpaired) electrons. The molecule has 2 aromatic carbocycles. The van der Waals surface area contributed by atoms with Crippen LogP contribution < -0.4 is 10.1 Å². The van der Waals surface area contributed by atoms with Gasteiger partial charge >= 0.3 is 6.18 Å². The lowest BCUT2D eigenvalue weighted by atomic mass is 9.79. The van der Waals surface area contributed by atoms with Gasteiger partial charge in [0.2, 0.25) is 5.82 Å². The van der Waals surface area contributed by atoms with Gasteiger partial charge in [0.05, 0.1) is 19.3 Å². The van der Waals surface area contributed by atoms with Crippen molar-refractivity contribution in [2.75, 3.05) is 27.3 Å². The van der Waals surface area contributed by atoms with Gasteiger partial charge in [-0.1, -0.05) is 12.1 Å². The van der Waals surface area contributed by atoms with E-state index in [0.717, 1.165) is 41.3 Å². The maximum atomic E-state index is 13.7. The number of nitrogens with zero attached hydrogens (tertiary/aromatic N) is 2. The molecule has 1 aromatic heterocycles. The molecule has 3 aromatic rings. The molecular formula is C27H27F4N3O2. The Labute approximate surface area is 206 Å². The maximum absolute atomic E-state index is 13.7. The van der Waals surface area contributed by atoms with Gasteiger partial charge in [0.1, 0.15) is 11.6 Å². The Morgan fingerprint density at radius 1 is 1.19 bits per heavy atom. The Balaban J connectivity index is 1.57. The van der Waals surface area contributed by atoms with E-state index in [1.165, 1.54) is 25.4 Å². The quantitative estimate of drug-likeness (QED) is 0.447. The summed E-state index contributed by atoms with van der Waals surface area (Å²) in [5.41, 5.74) is 2.25. The van der Waals surface area contributed by atoms with Gasteiger partial charge in [-0.2, -0.15) is 13.2 Å². The fourth-order valence-corrected chi connectivity index (χ4v) is 5.73. The number of hydrogen-bond donors (Lipinski definition) is 1. The summed E-state index contributed by atoms with van der Waals surface area (Å²) in [4.78, 5) is 3.50. The highest BCUT2D eigenvalue weighted by molar-refractivity contribution is 5.75. The summed E-state index contributed by atoms with van der Waals surface area (Å²) in [5, 5.41) is 3.26. The van der Waals surface area contributed by atoms with Crippen molar-refractivity contribution in [3.63, 3.8) is 0 Å². The van der Waals surface area contributed by atoms with Crippen molar-refractivity contribution in [2.24, 2.45) is 5.92 Å². The van der Waals surface area contributed by atoms with E-state index < -0.39 is 17.6 Å². The van der Waals surface area contributed by atoms with Gasteiger partial charge in [0.15, 0.2) is 0 Å². The smallest absolute Gasteiger partial charge is 0.450 e. The standard InChI is InChI=1S/C27H27F4N3O2/c1-32-15-18-9-10-26(24(18)17-3-5-20(28)6-4-17)14-19(16-36-26)22-13-21(7-8-23(22)35-2)34-12-11-33-25(34)27(29,30)31/h3-8,11-14,18,24,32H,9-10,15-16H2,1-2H3. The predicted molar refractivity (Wildman–Crippen MR) is 128 cm³/mol. The van der Waals surface area contributed by atoms with E-state index in [1.807, 2.05) is 19.2 Å². The zero-order valence-electron chi connectivity index (χ0n) is 20.0. The van der Waals surface area contributed by atoms with Gasteiger partial charge in [-0.15, -0.1) is 0 Å². The first-order chi connectivity index (χ1) is 17.3.